The van der Waals surface area contributed by atoms with Crippen molar-refractivity contribution in [3.63, 3.8) is 0 Å². The minimum Gasteiger partial charge on any atom is -0.350 e. The van der Waals surface area contributed by atoms with Gasteiger partial charge in [0.25, 0.3) is 0 Å². The van der Waals surface area contributed by atoms with Crippen molar-refractivity contribution >= 4 is 21.6 Å². The number of carbonyl (C=O) groups is 1. The molecule has 140 valence electrons. The molecule has 0 unspecified atom stereocenters. The largest absolute Gasteiger partial charge is 0.350 e. The van der Waals surface area contributed by atoms with E-state index in [0.29, 0.717) is 12.2 Å². The first-order valence-corrected chi connectivity index (χ1v) is 10.4. The summed E-state index contributed by atoms with van der Waals surface area (Å²) in [7, 11) is -3.59. The van der Waals surface area contributed by atoms with Crippen LogP contribution in [0.15, 0.2) is 48.5 Å². The van der Waals surface area contributed by atoms with E-state index in [9.17, 15) is 13.2 Å². The quantitative estimate of drug-likeness (QED) is 0.809. The SMILES string of the molecule is Cc1ccc(CNC(=O)CN(c2ccccc2C(C)C)S(C)(=O)=O)cc1. The van der Waals surface area contributed by atoms with Gasteiger partial charge in [-0.3, -0.25) is 9.10 Å². The van der Waals surface area contributed by atoms with Crippen molar-refractivity contribution in [1.82, 2.24) is 5.32 Å². The summed E-state index contributed by atoms with van der Waals surface area (Å²) in [6.07, 6.45) is 1.12. The lowest BCUT2D eigenvalue weighted by molar-refractivity contribution is -0.119. The van der Waals surface area contributed by atoms with Gasteiger partial charge in [0.05, 0.1) is 11.9 Å². The Morgan fingerprint density at radius 2 is 1.69 bits per heavy atom. The van der Waals surface area contributed by atoms with Crippen LogP contribution in [-0.4, -0.2) is 27.1 Å². The third-order valence-corrected chi connectivity index (χ3v) is 5.25. The fourth-order valence-electron chi connectivity index (χ4n) is 2.68. The van der Waals surface area contributed by atoms with E-state index in [4.69, 9.17) is 0 Å². The van der Waals surface area contributed by atoms with Crippen LogP contribution in [0.4, 0.5) is 5.69 Å². The van der Waals surface area contributed by atoms with Crippen molar-refractivity contribution in [1.29, 1.82) is 0 Å². The van der Waals surface area contributed by atoms with Crippen molar-refractivity contribution in [2.45, 2.75) is 33.2 Å². The van der Waals surface area contributed by atoms with Gasteiger partial charge in [-0.15, -0.1) is 0 Å². The molecule has 6 heteroatoms. The first-order chi connectivity index (χ1) is 12.2. The van der Waals surface area contributed by atoms with Gasteiger partial charge < -0.3 is 5.32 Å². The highest BCUT2D eigenvalue weighted by Gasteiger charge is 2.23. The standard InChI is InChI=1S/C20H26N2O3S/c1-15(2)18-7-5-6-8-19(18)22(26(4,24)25)14-20(23)21-13-17-11-9-16(3)10-12-17/h5-12,15H,13-14H2,1-4H3,(H,21,23). The Balaban J connectivity index is 2.16. The Morgan fingerprint density at radius 3 is 2.27 bits per heavy atom. The topological polar surface area (TPSA) is 66.5 Å². The number of aryl methyl sites for hydroxylation is 1. The number of carbonyl (C=O) groups excluding carboxylic acids is 1. The number of sulfonamides is 1. The second-order valence-electron chi connectivity index (χ2n) is 6.75. The number of rotatable bonds is 7. The molecule has 0 aliphatic carbocycles. The van der Waals surface area contributed by atoms with Crippen LogP contribution in [0, 0.1) is 6.92 Å². The van der Waals surface area contributed by atoms with Gasteiger partial charge in [-0.1, -0.05) is 61.9 Å². The van der Waals surface area contributed by atoms with Crippen LogP contribution in [0.5, 0.6) is 0 Å². The van der Waals surface area contributed by atoms with Crippen molar-refractivity contribution in [3.8, 4) is 0 Å². The van der Waals surface area contributed by atoms with Gasteiger partial charge in [0, 0.05) is 6.54 Å². The molecule has 2 rings (SSSR count). The van der Waals surface area contributed by atoms with E-state index in [0.717, 1.165) is 22.9 Å². The third kappa shape index (κ3) is 5.33. The predicted molar refractivity (Wildman–Crippen MR) is 106 cm³/mol. The zero-order valence-corrected chi connectivity index (χ0v) is 16.5. The fraction of sp³-hybridized carbons (Fsp3) is 0.350. The molecule has 0 saturated heterocycles. The van der Waals surface area contributed by atoms with Gasteiger partial charge in [-0.25, -0.2) is 8.42 Å². The molecule has 2 aromatic carbocycles. The summed E-state index contributed by atoms with van der Waals surface area (Å²) < 4.78 is 25.8. The van der Waals surface area contributed by atoms with Crippen molar-refractivity contribution < 1.29 is 13.2 Å². The number of amides is 1. The lowest BCUT2D eigenvalue weighted by Crippen LogP contribution is -2.40. The first-order valence-electron chi connectivity index (χ1n) is 8.57. The van der Waals surface area contributed by atoms with Crippen molar-refractivity contribution in [3.05, 3.63) is 65.2 Å². The molecule has 26 heavy (non-hydrogen) atoms. The Hall–Kier alpha value is -2.34. The molecular weight excluding hydrogens is 348 g/mol. The van der Waals surface area contributed by atoms with Crippen LogP contribution in [0.25, 0.3) is 0 Å². The van der Waals surface area contributed by atoms with Crippen LogP contribution < -0.4 is 9.62 Å². The maximum absolute atomic E-state index is 12.4. The van der Waals surface area contributed by atoms with Crippen LogP contribution in [0.3, 0.4) is 0 Å². The molecule has 0 aliphatic rings. The zero-order valence-electron chi connectivity index (χ0n) is 15.7. The average Bonchev–Trinajstić information content (AvgIpc) is 2.58. The highest BCUT2D eigenvalue weighted by Crippen LogP contribution is 2.28. The molecule has 5 nitrogen and oxygen atoms in total. The maximum Gasteiger partial charge on any atom is 0.241 e. The number of anilines is 1. The average molecular weight is 375 g/mol. The highest BCUT2D eigenvalue weighted by atomic mass is 32.2. The van der Waals surface area contributed by atoms with Gasteiger partial charge in [0.2, 0.25) is 15.9 Å². The van der Waals surface area contributed by atoms with Gasteiger partial charge >= 0.3 is 0 Å². The summed E-state index contributed by atoms with van der Waals surface area (Å²) in [5, 5.41) is 2.79. The lowest BCUT2D eigenvalue weighted by Gasteiger charge is -2.25. The molecule has 0 aromatic heterocycles. The predicted octanol–water partition coefficient (Wildman–Crippen LogP) is 3.20. The molecule has 0 heterocycles. The second-order valence-corrected chi connectivity index (χ2v) is 8.65. The maximum atomic E-state index is 12.4. The zero-order chi connectivity index (χ0) is 19.3. The van der Waals surface area contributed by atoms with E-state index in [2.05, 4.69) is 5.32 Å². The molecule has 0 atom stereocenters. The summed E-state index contributed by atoms with van der Waals surface area (Å²) in [5.41, 5.74) is 3.56. The highest BCUT2D eigenvalue weighted by molar-refractivity contribution is 7.92. The number of nitrogens with zero attached hydrogens (tertiary/aromatic N) is 1. The van der Waals surface area contributed by atoms with Crippen LogP contribution in [0.1, 0.15) is 36.5 Å². The Morgan fingerprint density at radius 1 is 1.08 bits per heavy atom. The smallest absolute Gasteiger partial charge is 0.241 e. The monoisotopic (exact) mass is 374 g/mol. The van der Waals surface area contributed by atoms with E-state index in [-0.39, 0.29) is 18.4 Å². The number of nitrogens with one attached hydrogen (secondary N) is 1. The fourth-order valence-corrected chi connectivity index (χ4v) is 3.55. The molecule has 2 aromatic rings. The van der Waals surface area contributed by atoms with E-state index in [1.807, 2.05) is 57.2 Å². The molecule has 0 spiro atoms. The van der Waals surface area contributed by atoms with E-state index in [1.54, 1.807) is 12.1 Å². The molecule has 0 bridgehead atoms. The minimum absolute atomic E-state index is 0.145. The first kappa shape index (κ1) is 20.0. The molecule has 1 amide bonds. The van der Waals surface area contributed by atoms with Gasteiger partial charge in [0.1, 0.15) is 6.54 Å². The van der Waals surface area contributed by atoms with Crippen LogP contribution in [-0.2, 0) is 21.4 Å². The molecule has 0 saturated carbocycles. The Bertz CT molecular complexity index is 859. The molecular formula is C20H26N2O3S. The van der Waals surface area contributed by atoms with Crippen molar-refractivity contribution in [2.75, 3.05) is 17.1 Å². The van der Waals surface area contributed by atoms with E-state index < -0.39 is 10.0 Å². The van der Waals surface area contributed by atoms with Crippen LogP contribution in [0.2, 0.25) is 0 Å². The number of hydrogen-bond acceptors (Lipinski definition) is 3. The molecule has 1 N–H and O–H groups in total. The van der Waals surface area contributed by atoms with Gasteiger partial charge in [-0.2, -0.15) is 0 Å². The van der Waals surface area contributed by atoms with Crippen molar-refractivity contribution in [2.24, 2.45) is 0 Å². The van der Waals surface area contributed by atoms with E-state index >= 15 is 0 Å². The number of hydrogen-bond donors (Lipinski definition) is 1. The minimum atomic E-state index is -3.59. The third-order valence-electron chi connectivity index (χ3n) is 4.13. The Kier molecular flexibility index (Phi) is 6.42. The van der Waals surface area contributed by atoms with Gasteiger partial charge in [-0.05, 0) is 30.0 Å². The Labute approximate surface area is 156 Å². The molecule has 0 fully saturated rings. The van der Waals surface area contributed by atoms with E-state index in [1.165, 1.54) is 4.31 Å². The lowest BCUT2D eigenvalue weighted by atomic mass is 10.0. The molecule has 0 radical (unpaired) electrons. The summed E-state index contributed by atoms with van der Waals surface area (Å²) in [6.45, 7) is 6.11. The summed E-state index contributed by atoms with van der Waals surface area (Å²) in [4.78, 5) is 12.4. The summed E-state index contributed by atoms with van der Waals surface area (Å²) in [5.74, 6) is -0.194. The van der Waals surface area contributed by atoms with Crippen LogP contribution >= 0.6 is 0 Å². The number of benzene rings is 2. The normalized spacial score (nSPS) is 11.4. The second kappa shape index (κ2) is 8.36. The molecule has 0 aliphatic heterocycles. The number of para-hydroxylation sites is 1. The summed E-state index contributed by atoms with van der Waals surface area (Å²) in [6, 6.07) is 15.1. The van der Waals surface area contributed by atoms with Gasteiger partial charge in [0.15, 0.2) is 0 Å². The summed E-state index contributed by atoms with van der Waals surface area (Å²) >= 11 is 0.